The number of rotatable bonds is 6. The summed E-state index contributed by atoms with van der Waals surface area (Å²) in [6.45, 7) is 5.73. The van der Waals surface area contributed by atoms with E-state index in [0.717, 1.165) is 12.1 Å². The number of likely N-dealkylation sites (tertiary alicyclic amines) is 1. The second kappa shape index (κ2) is 11.3. The molecule has 2 fully saturated rings. The van der Waals surface area contributed by atoms with Gasteiger partial charge in [-0.1, -0.05) is 18.2 Å². The standard InChI is InChI=1S/C27H28ClF4N7O2/c1-3-23(40)38-8-10-39(11-9-38)25-16-12-18(28)15(24-17(27(30,31)32)4-5-22(33)35-24)13-20(16)34-26(36-25)41-14-21-19(29)6-7-37(21)2/h3-5,12-13,19,21H,1,6-11,14H2,2H3,(H2,33,35). The van der Waals surface area contributed by atoms with Crippen molar-refractivity contribution < 1.29 is 27.1 Å². The first-order chi connectivity index (χ1) is 19.5. The number of hydrogen-bond acceptors (Lipinski definition) is 8. The molecule has 4 heterocycles. The molecule has 3 aromatic rings. The number of hydrogen-bond donors (Lipinski definition) is 1. The molecule has 2 aliphatic heterocycles. The number of halogens is 5. The predicted octanol–water partition coefficient (Wildman–Crippen LogP) is 4.20. The number of ether oxygens (including phenoxy) is 1. The molecule has 2 N–H and O–H groups in total. The van der Waals surface area contributed by atoms with Crippen molar-refractivity contribution in [2.75, 3.05) is 57.0 Å². The van der Waals surface area contributed by atoms with Crippen molar-refractivity contribution in [3.63, 3.8) is 0 Å². The van der Waals surface area contributed by atoms with Crippen molar-refractivity contribution in [3.05, 3.63) is 47.5 Å². The van der Waals surface area contributed by atoms with Crippen molar-refractivity contribution in [3.8, 4) is 17.3 Å². The summed E-state index contributed by atoms with van der Waals surface area (Å²) in [5.74, 6) is 0.132. The average Bonchev–Trinajstić information content (AvgIpc) is 3.26. The Morgan fingerprint density at radius 1 is 1.17 bits per heavy atom. The molecule has 0 saturated carbocycles. The van der Waals surface area contributed by atoms with Gasteiger partial charge >= 0.3 is 12.2 Å². The summed E-state index contributed by atoms with van der Waals surface area (Å²) < 4.78 is 61.9. The lowest BCUT2D eigenvalue weighted by atomic mass is 10.0. The molecule has 1 amide bonds. The molecule has 218 valence electrons. The topological polar surface area (TPSA) is 101 Å². The van der Waals surface area contributed by atoms with Crippen LogP contribution in [-0.2, 0) is 11.0 Å². The molecule has 0 radical (unpaired) electrons. The van der Waals surface area contributed by atoms with E-state index in [9.17, 15) is 22.4 Å². The maximum atomic E-state index is 14.4. The van der Waals surface area contributed by atoms with Crippen LogP contribution in [0.15, 0.2) is 36.9 Å². The van der Waals surface area contributed by atoms with Crippen molar-refractivity contribution in [1.82, 2.24) is 24.8 Å². The molecule has 2 saturated heterocycles. The zero-order valence-corrected chi connectivity index (χ0v) is 22.9. The maximum absolute atomic E-state index is 14.4. The van der Waals surface area contributed by atoms with Crippen molar-refractivity contribution in [2.45, 2.75) is 24.8 Å². The molecular formula is C27H28ClF4N7O2. The predicted molar refractivity (Wildman–Crippen MR) is 148 cm³/mol. The van der Waals surface area contributed by atoms with Crippen LogP contribution in [0.25, 0.3) is 22.2 Å². The molecule has 2 unspecified atom stereocenters. The molecule has 2 atom stereocenters. The van der Waals surface area contributed by atoms with Crippen LogP contribution in [0.2, 0.25) is 5.02 Å². The van der Waals surface area contributed by atoms with E-state index in [4.69, 9.17) is 22.1 Å². The maximum Gasteiger partial charge on any atom is 0.418 e. The van der Waals surface area contributed by atoms with Gasteiger partial charge in [-0.05, 0) is 43.8 Å². The van der Waals surface area contributed by atoms with Gasteiger partial charge in [0.25, 0.3) is 0 Å². The number of likely N-dealkylation sites (N-methyl/N-ethyl adjacent to an activating group) is 1. The van der Waals surface area contributed by atoms with Gasteiger partial charge in [0.1, 0.15) is 24.4 Å². The third-order valence-electron chi connectivity index (χ3n) is 7.41. The monoisotopic (exact) mass is 593 g/mol. The molecule has 5 rings (SSSR count). The van der Waals surface area contributed by atoms with Crippen LogP contribution in [0, 0.1) is 0 Å². The summed E-state index contributed by atoms with van der Waals surface area (Å²) >= 11 is 6.56. The normalized spacial score (nSPS) is 20.0. The number of pyridine rings is 1. The molecule has 1 aromatic carbocycles. The smallest absolute Gasteiger partial charge is 0.418 e. The quantitative estimate of drug-likeness (QED) is 0.335. The largest absolute Gasteiger partial charge is 0.462 e. The minimum absolute atomic E-state index is 0.00654. The first kappa shape index (κ1) is 28.8. The summed E-state index contributed by atoms with van der Waals surface area (Å²) in [7, 11) is 1.80. The number of aromatic nitrogens is 3. The number of alkyl halides is 4. The van der Waals surface area contributed by atoms with E-state index in [2.05, 4.69) is 21.5 Å². The molecule has 9 nitrogen and oxygen atoms in total. The van der Waals surface area contributed by atoms with Crippen molar-refractivity contribution >= 4 is 40.0 Å². The van der Waals surface area contributed by atoms with Crippen molar-refractivity contribution in [1.29, 1.82) is 0 Å². The van der Waals surface area contributed by atoms with Gasteiger partial charge in [0, 0.05) is 43.7 Å². The van der Waals surface area contributed by atoms with Gasteiger partial charge in [0.05, 0.1) is 27.8 Å². The van der Waals surface area contributed by atoms with E-state index in [1.807, 2.05) is 9.80 Å². The molecule has 0 spiro atoms. The molecular weight excluding hydrogens is 566 g/mol. The number of nitrogen functional groups attached to an aromatic ring is 1. The van der Waals surface area contributed by atoms with E-state index < -0.39 is 29.6 Å². The highest BCUT2D eigenvalue weighted by Gasteiger charge is 2.36. The van der Waals surface area contributed by atoms with Crippen LogP contribution in [-0.4, -0.2) is 89.3 Å². The lowest BCUT2D eigenvalue weighted by Gasteiger charge is -2.35. The van der Waals surface area contributed by atoms with Gasteiger partial charge < -0.3 is 20.3 Å². The van der Waals surface area contributed by atoms with Gasteiger partial charge in [0.2, 0.25) is 5.91 Å². The molecule has 0 bridgehead atoms. The van der Waals surface area contributed by atoms with Gasteiger partial charge in [0.15, 0.2) is 0 Å². The first-order valence-corrected chi connectivity index (χ1v) is 13.3. The molecule has 41 heavy (non-hydrogen) atoms. The Bertz CT molecular complexity index is 1470. The number of fused-ring (bicyclic) bond motifs is 1. The van der Waals surface area contributed by atoms with E-state index in [-0.39, 0.29) is 40.4 Å². The Kier molecular flexibility index (Phi) is 7.93. The van der Waals surface area contributed by atoms with Crippen molar-refractivity contribution in [2.24, 2.45) is 0 Å². The third kappa shape index (κ3) is 5.87. The van der Waals surface area contributed by atoms with Crippen LogP contribution in [0.4, 0.5) is 29.2 Å². The number of amides is 1. The number of carbonyl (C=O) groups excluding carboxylic acids is 1. The molecule has 0 aliphatic carbocycles. The highest BCUT2D eigenvalue weighted by molar-refractivity contribution is 6.34. The van der Waals surface area contributed by atoms with Gasteiger partial charge in [-0.2, -0.15) is 23.1 Å². The Morgan fingerprint density at radius 2 is 1.90 bits per heavy atom. The number of nitrogens with zero attached hydrogens (tertiary/aromatic N) is 6. The fourth-order valence-corrected chi connectivity index (χ4v) is 5.38. The summed E-state index contributed by atoms with van der Waals surface area (Å²) in [6.07, 6.45) is -4.14. The molecule has 2 aromatic heterocycles. The number of benzene rings is 1. The zero-order valence-electron chi connectivity index (χ0n) is 22.2. The zero-order chi connectivity index (χ0) is 29.5. The van der Waals surface area contributed by atoms with E-state index in [1.54, 1.807) is 11.9 Å². The highest BCUT2D eigenvalue weighted by Crippen LogP contribution is 2.41. The second-order valence-corrected chi connectivity index (χ2v) is 10.4. The van der Waals surface area contributed by atoms with Gasteiger partial charge in [-0.25, -0.2) is 9.37 Å². The molecule has 14 heteroatoms. The lowest BCUT2D eigenvalue weighted by Crippen LogP contribution is -2.48. The van der Waals surface area contributed by atoms with Gasteiger partial charge in [-0.15, -0.1) is 0 Å². The summed E-state index contributed by atoms with van der Waals surface area (Å²) in [6, 6.07) is 4.26. The third-order valence-corrected chi connectivity index (χ3v) is 7.72. The number of carbonyl (C=O) groups is 1. The minimum Gasteiger partial charge on any atom is -0.462 e. The van der Waals surface area contributed by atoms with Crippen LogP contribution in [0.1, 0.15) is 12.0 Å². The van der Waals surface area contributed by atoms with E-state index in [0.29, 0.717) is 50.3 Å². The Morgan fingerprint density at radius 3 is 2.54 bits per heavy atom. The second-order valence-electron chi connectivity index (χ2n) is 9.99. The Hall–Kier alpha value is -3.71. The fraction of sp³-hybridized carbons (Fsp3) is 0.407. The lowest BCUT2D eigenvalue weighted by molar-refractivity contribution is -0.137. The van der Waals surface area contributed by atoms with Crippen LogP contribution < -0.4 is 15.4 Å². The number of piperazine rings is 1. The summed E-state index contributed by atoms with van der Waals surface area (Å²) in [4.78, 5) is 30.5. The van der Waals surface area contributed by atoms with E-state index in [1.165, 1.54) is 18.2 Å². The van der Waals surface area contributed by atoms with Crippen LogP contribution in [0.3, 0.4) is 0 Å². The van der Waals surface area contributed by atoms with Crippen LogP contribution >= 0.6 is 11.6 Å². The number of nitrogens with two attached hydrogens (primary N) is 1. The summed E-state index contributed by atoms with van der Waals surface area (Å²) in [5, 5.41) is 0.460. The highest BCUT2D eigenvalue weighted by atomic mass is 35.5. The molecule has 2 aliphatic rings. The first-order valence-electron chi connectivity index (χ1n) is 12.9. The Balaban J connectivity index is 1.59. The SMILES string of the molecule is C=CC(=O)N1CCN(c2nc(OCC3C(F)CCN3C)nc3cc(-c4nc(N)ccc4C(F)(F)F)c(Cl)cc23)CC1. The Labute approximate surface area is 238 Å². The van der Waals surface area contributed by atoms with Gasteiger partial charge in [-0.3, -0.25) is 9.69 Å². The van der Waals surface area contributed by atoms with E-state index >= 15 is 0 Å². The summed E-state index contributed by atoms with van der Waals surface area (Å²) in [5.41, 5.74) is 4.54. The minimum atomic E-state index is -4.71. The number of anilines is 2. The van der Waals surface area contributed by atoms with Crippen LogP contribution in [0.5, 0.6) is 6.01 Å². The fourth-order valence-electron chi connectivity index (χ4n) is 5.13. The average molecular weight is 594 g/mol.